The summed E-state index contributed by atoms with van der Waals surface area (Å²) in [7, 11) is 1.68. The van der Waals surface area contributed by atoms with Crippen LogP contribution in [0.1, 0.15) is 5.56 Å². The lowest BCUT2D eigenvalue weighted by Crippen LogP contribution is -1.82. The van der Waals surface area contributed by atoms with E-state index in [-0.39, 0.29) is 0 Å². The first kappa shape index (κ1) is 10.9. The van der Waals surface area contributed by atoms with E-state index >= 15 is 0 Å². The van der Waals surface area contributed by atoms with E-state index in [2.05, 4.69) is 48.3 Å². The second-order valence-corrected chi connectivity index (χ2v) is 4.50. The number of fused-ring (bicyclic) bond motifs is 1. The number of aromatic amines is 1. The van der Waals surface area contributed by atoms with Gasteiger partial charge >= 0.3 is 0 Å². The topological polar surface area (TPSA) is 25.0 Å². The van der Waals surface area contributed by atoms with Crippen LogP contribution in [0.15, 0.2) is 48.5 Å². The van der Waals surface area contributed by atoms with E-state index in [9.17, 15) is 0 Å². The molecule has 0 aliphatic heterocycles. The summed E-state index contributed by atoms with van der Waals surface area (Å²) >= 11 is 0. The Balaban J connectivity index is 2.07. The Morgan fingerprint density at radius 2 is 1.72 bits per heavy atom. The predicted molar refractivity (Wildman–Crippen MR) is 75.0 cm³/mol. The highest BCUT2D eigenvalue weighted by atomic mass is 16.5. The monoisotopic (exact) mass is 237 g/mol. The molecule has 1 aromatic heterocycles. The van der Waals surface area contributed by atoms with E-state index in [4.69, 9.17) is 4.74 Å². The molecule has 18 heavy (non-hydrogen) atoms. The van der Waals surface area contributed by atoms with Crippen LogP contribution in [0.5, 0.6) is 5.75 Å². The van der Waals surface area contributed by atoms with E-state index < -0.39 is 0 Å². The van der Waals surface area contributed by atoms with Crippen LogP contribution < -0.4 is 4.74 Å². The number of ether oxygens (including phenoxy) is 1. The van der Waals surface area contributed by atoms with Gasteiger partial charge in [-0.3, -0.25) is 0 Å². The Kier molecular flexibility index (Phi) is 2.56. The summed E-state index contributed by atoms with van der Waals surface area (Å²) in [6.07, 6.45) is 0. The molecule has 0 saturated carbocycles. The minimum atomic E-state index is 0.880. The fraction of sp³-hybridized carbons (Fsp3) is 0.125. The molecule has 2 heteroatoms. The Labute approximate surface area is 106 Å². The van der Waals surface area contributed by atoms with Gasteiger partial charge in [0.2, 0.25) is 0 Å². The number of aryl methyl sites for hydroxylation is 1. The SMILES string of the molecule is COc1ccc(-c2cc3cc(C)ccc3[nH]2)cc1. The van der Waals surface area contributed by atoms with Crippen molar-refractivity contribution >= 4 is 10.9 Å². The van der Waals surface area contributed by atoms with Gasteiger partial charge in [0.15, 0.2) is 0 Å². The molecule has 0 spiro atoms. The zero-order valence-corrected chi connectivity index (χ0v) is 10.5. The highest BCUT2D eigenvalue weighted by Gasteiger charge is 2.03. The van der Waals surface area contributed by atoms with Gasteiger partial charge in [-0.05, 0) is 55.0 Å². The maximum absolute atomic E-state index is 5.17. The van der Waals surface area contributed by atoms with Crippen molar-refractivity contribution in [1.82, 2.24) is 4.98 Å². The number of benzene rings is 2. The van der Waals surface area contributed by atoms with E-state index in [0.29, 0.717) is 0 Å². The molecule has 0 aliphatic carbocycles. The van der Waals surface area contributed by atoms with E-state index in [1.807, 2.05) is 12.1 Å². The average Bonchev–Trinajstić information content (AvgIpc) is 2.81. The number of nitrogens with one attached hydrogen (secondary N) is 1. The molecule has 2 nitrogen and oxygen atoms in total. The normalized spacial score (nSPS) is 10.8. The number of methoxy groups -OCH3 is 1. The van der Waals surface area contributed by atoms with E-state index in [1.165, 1.54) is 22.0 Å². The van der Waals surface area contributed by atoms with Crippen molar-refractivity contribution < 1.29 is 4.74 Å². The van der Waals surface area contributed by atoms with Crippen molar-refractivity contribution in [2.45, 2.75) is 6.92 Å². The Morgan fingerprint density at radius 1 is 0.944 bits per heavy atom. The molecule has 0 saturated heterocycles. The summed E-state index contributed by atoms with van der Waals surface area (Å²) in [6.45, 7) is 2.11. The fourth-order valence-corrected chi connectivity index (χ4v) is 2.18. The lowest BCUT2D eigenvalue weighted by atomic mass is 10.1. The van der Waals surface area contributed by atoms with Crippen molar-refractivity contribution in [3.05, 3.63) is 54.1 Å². The molecule has 2 aromatic carbocycles. The average molecular weight is 237 g/mol. The zero-order valence-electron chi connectivity index (χ0n) is 10.5. The van der Waals surface area contributed by atoms with Crippen molar-refractivity contribution in [1.29, 1.82) is 0 Å². The third-order valence-corrected chi connectivity index (χ3v) is 3.18. The van der Waals surface area contributed by atoms with Gasteiger partial charge < -0.3 is 9.72 Å². The van der Waals surface area contributed by atoms with Crippen LogP contribution >= 0.6 is 0 Å². The summed E-state index contributed by atoms with van der Waals surface area (Å²) in [4.78, 5) is 3.44. The number of aromatic nitrogens is 1. The molecule has 1 heterocycles. The maximum atomic E-state index is 5.17. The van der Waals surface area contributed by atoms with Crippen molar-refractivity contribution in [2.24, 2.45) is 0 Å². The van der Waals surface area contributed by atoms with Gasteiger partial charge in [0.1, 0.15) is 5.75 Å². The lowest BCUT2D eigenvalue weighted by Gasteiger charge is -2.01. The van der Waals surface area contributed by atoms with Crippen LogP contribution in [-0.2, 0) is 0 Å². The Morgan fingerprint density at radius 3 is 2.44 bits per heavy atom. The van der Waals surface area contributed by atoms with Crippen molar-refractivity contribution in [3.63, 3.8) is 0 Å². The molecule has 90 valence electrons. The summed E-state index contributed by atoms with van der Waals surface area (Å²) in [6, 6.07) is 16.7. The molecule has 3 aromatic rings. The molecule has 0 amide bonds. The predicted octanol–water partition coefficient (Wildman–Crippen LogP) is 4.15. The van der Waals surface area contributed by atoms with Gasteiger partial charge in [-0.1, -0.05) is 11.6 Å². The summed E-state index contributed by atoms with van der Waals surface area (Å²) in [5.41, 5.74) is 4.76. The van der Waals surface area contributed by atoms with Gasteiger partial charge in [-0.2, -0.15) is 0 Å². The summed E-state index contributed by atoms with van der Waals surface area (Å²) in [5, 5.41) is 1.25. The third kappa shape index (κ3) is 1.86. The first-order chi connectivity index (χ1) is 8.76. The molecule has 0 unspecified atom stereocenters. The van der Waals surface area contributed by atoms with Crippen LogP contribution in [-0.4, -0.2) is 12.1 Å². The van der Waals surface area contributed by atoms with Crippen LogP contribution in [0.25, 0.3) is 22.2 Å². The molecule has 0 aliphatic rings. The van der Waals surface area contributed by atoms with Gasteiger partial charge in [0.25, 0.3) is 0 Å². The smallest absolute Gasteiger partial charge is 0.118 e. The quantitative estimate of drug-likeness (QED) is 0.711. The van der Waals surface area contributed by atoms with Gasteiger partial charge in [0.05, 0.1) is 7.11 Å². The second-order valence-electron chi connectivity index (χ2n) is 4.50. The number of hydrogen-bond donors (Lipinski definition) is 1. The highest BCUT2D eigenvalue weighted by molar-refractivity contribution is 5.86. The lowest BCUT2D eigenvalue weighted by molar-refractivity contribution is 0.415. The Bertz CT molecular complexity index is 680. The molecular weight excluding hydrogens is 222 g/mol. The van der Waals surface area contributed by atoms with Crippen LogP contribution in [0.3, 0.4) is 0 Å². The van der Waals surface area contributed by atoms with Gasteiger partial charge in [-0.15, -0.1) is 0 Å². The Hall–Kier alpha value is -2.22. The first-order valence-electron chi connectivity index (χ1n) is 6.00. The summed E-state index contributed by atoms with van der Waals surface area (Å²) in [5.74, 6) is 0.880. The van der Waals surface area contributed by atoms with Crippen molar-refractivity contribution in [2.75, 3.05) is 7.11 Å². The maximum Gasteiger partial charge on any atom is 0.118 e. The van der Waals surface area contributed by atoms with E-state index in [0.717, 1.165) is 11.4 Å². The molecular formula is C16H15NO. The van der Waals surface area contributed by atoms with Crippen LogP contribution in [0.4, 0.5) is 0 Å². The van der Waals surface area contributed by atoms with E-state index in [1.54, 1.807) is 7.11 Å². The number of hydrogen-bond acceptors (Lipinski definition) is 1. The highest BCUT2D eigenvalue weighted by Crippen LogP contribution is 2.26. The number of rotatable bonds is 2. The fourth-order valence-electron chi connectivity index (χ4n) is 2.18. The molecule has 0 atom stereocenters. The third-order valence-electron chi connectivity index (χ3n) is 3.18. The van der Waals surface area contributed by atoms with Crippen LogP contribution in [0, 0.1) is 6.92 Å². The molecule has 0 fully saturated rings. The minimum absolute atomic E-state index is 0.880. The standard InChI is InChI=1S/C16H15NO/c1-11-3-8-15-13(9-11)10-16(17-15)12-4-6-14(18-2)7-5-12/h3-10,17H,1-2H3. The largest absolute Gasteiger partial charge is 0.497 e. The molecule has 1 N–H and O–H groups in total. The van der Waals surface area contributed by atoms with Gasteiger partial charge in [-0.25, -0.2) is 0 Å². The molecule has 0 radical (unpaired) electrons. The second kappa shape index (κ2) is 4.22. The summed E-state index contributed by atoms with van der Waals surface area (Å²) < 4.78 is 5.17. The minimum Gasteiger partial charge on any atom is -0.497 e. The van der Waals surface area contributed by atoms with Gasteiger partial charge in [0, 0.05) is 16.6 Å². The molecule has 3 rings (SSSR count). The zero-order chi connectivity index (χ0) is 12.5. The molecule has 0 bridgehead atoms. The first-order valence-corrected chi connectivity index (χ1v) is 6.00. The van der Waals surface area contributed by atoms with Crippen LogP contribution in [0.2, 0.25) is 0 Å². The number of H-pyrrole nitrogens is 1. The van der Waals surface area contributed by atoms with Crippen molar-refractivity contribution in [3.8, 4) is 17.0 Å².